The van der Waals surface area contributed by atoms with Gasteiger partial charge in [0.1, 0.15) is 5.82 Å². The lowest BCUT2D eigenvalue weighted by atomic mass is 10.2. The first-order chi connectivity index (χ1) is 10.1. The molecule has 0 aliphatic carbocycles. The van der Waals surface area contributed by atoms with E-state index in [2.05, 4.69) is 34.2 Å². The molecule has 2 rings (SSSR count). The molecule has 1 aliphatic rings. The second-order valence-electron chi connectivity index (χ2n) is 5.62. The van der Waals surface area contributed by atoms with Gasteiger partial charge in [0.2, 0.25) is 0 Å². The first-order valence-corrected chi connectivity index (χ1v) is 7.40. The normalized spacial score (nSPS) is 16.3. The van der Waals surface area contributed by atoms with Gasteiger partial charge in [-0.05, 0) is 26.2 Å². The number of rotatable bonds is 5. The highest BCUT2D eigenvalue weighted by molar-refractivity contribution is 5.94. The third-order valence-corrected chi connectivity index (χ3v) is 3.79. The summed E-state index contributed by atoms with van der Waals surface area (Å²) in [5.41, 5.74) is 0.705. The molecule has 116 valence electrons. The topological polar surface area (TPSA) is 51.7 Å². The van der Waals surface area contributed by atoms with Crippen molar-refractivity contribution in [2.45, 2.75) is 0 Å². The van der Waals surface area contributed by atoms with Gasteiger partial charge in [0.05, 0.1) is 0 Å². The van der Waals surface area contributed by atoms with Gasteiger partial charge < -0.3 is 15.1 Å². The molecule has 1 fully saturated rings. The molecule has 0 spiro atoms. The summed E-state index contributed by atoms with van der Waals surface area (Å²) >= 11 is 0. The average molecular weight is 291 g/mol. The van der Waals surface area contributed by atoms with E-state index in [1.165, 1.54) is 0 Å². The standard InChI is InChI=1S/C15H25N5O/c1-16-14-12-13(4-5-17-14)15(21)20-10-8-19(9-11-20)7-6-18(2)3/h4-5,12H,6-11H2,1-3H3,(H,16,17). The van der Waals surface area contributed by atoms with E-state index in [-0.39, 0.29) is 5.91 Å². The van der Waals surface area contributed by atoms with E-state index in [0.29, 0.717) is 5.56 Å². The minimum atomic E-state index is 0.0983. The maximum atomic E-state index is 12.5. The van der Waals surface area contributed by atoms with Crippen LogP contribution in [0.15, 0.2) is 18.3 Å². The molecule has 0 atom stereocenters. The molecule has 1 amide bonds. The van der Waals surface area contributed by atoms with E-state index >= 15 is 0 Å². The van der Waals surface area contributed by atoms with E-state index in [0.717, 1.165) is 45.1 Å². The summed E-state index contributed by atoms with van der Waals surface area (Å²) in [7, 11) is 5.98. The number of hydrogen-bond donors (Lipinski definition) is 1. The predicted molar refractivity (Wildman–Crippen MR) is 84.7 cm³/mol. The Morgan fingerprint density at radius 1 is 1.33 bits per heavy atom. The van der Waals surface area contributed by atoms with Crippen molar-refractivity contribution in [3.63, 3.8) is 0 Å². The molecule has 6 nitrogen and oxygen atoms in total. The van der Waals surface area contributed by atoms with Crippen molar-refractivity contribution in [1.29, 1.82) is 0 Å². The molecule has 0 saturated carbocycles. The van der Waals surface area contributed by atoms with E-state index in [1.807, 2.05) is 4.90 Å². The van der Waals surface area contributed by atoms with Gasteiger partial charge in [-0.15, -0.1) is 0 Å². The van der Waals surface area contributed by atoms with Gasteiger partial charge in [-0.3, -0.25) is 9.69 Å². The van der Waals surface area contributed by atoms with Crippen LogP contribution in [-0.2, 0) is 0 Å². The van der Waals surface area contributed by atoms with Gasteiger partial charge in [0.25, 0.3) is 5.91 Å². The highest BCUT2D eigenvalue weighted by Gasteiger charge is 2.22. The quantitative estimate of drug-likeness (QED) is 0.853. The van der Waals surface area contributed by atoms with Crippen LogP contribution in [-0.4, -0.2) is 86.0 Å². The third-order valence-electron chi connectivity index (χ3n) is 3.79. The van der Waals surface area contributed by atoms with E-state index in [9.17, 15) is 4.79 Å². The molecule has 0 bridgehead atoms. The molecule has 1 saturated heterocycles. The van der Waals surface area contributed by atoms with Crippen LogP contribution in [0.2, 0.25) is 0 Å². The molecular formula is C15H25N5O. The molecule has 1 aliphatic heterocycles. The van der Waals surface area contributed by atoms with Crippen molar-refractivity contribution in [3.8, 4) is 0 Å². The average Bonchev–Trinajstić information content (AvgIpc) is 2.52. The van der Waals surface area contributed by atoms with Crippen LogP contribution in [0.4, 0.5) is 5.82 Å². The summed E-state index contributed by atoms with van der Waals surface area (Å²) in [4.78, 5) is 23.2. The maximum absolute atomic E-state index is 12.5. The lowest BCUT2D eigenvalue weighted by Crippen LogP contribution is -2.50. The van der Waals surface area contributed by atoms with Crippen molar-refractivity contribution >= 4 is 11.7 Å². The highest BCUT2D eigenvalue weighted by atomic mass is 16.2. The summed E-state index contributed by atoms with van der Waals surface area (Å²) < 4.78 is 0. The Kier molecular flexibility index (Phi) is 5.52. The lowest BCUT2D eigenvalue weighted by Gasteiger charge is -2.35. The Bertz CT molecular complexity index is 469. The van der Waals surface area contributed by atoms with Crippen LogP contribution in [0.25, 0.3) is 0 Å². The smallest absolute Gasteiger partial charge is 0.254 e. The van der Waals surface area contributed by atoms with Gasteiger partial charge in [-0.2, -0.15) is 0 Å². The van der Waals surface area contributed by atoms with Gasteiger partial charge in [0.15, 0.2) is 0 Å². The van der Waals surface area contributed by atoms with Crippen molar-refractivity contribution in [2.24, 2.45) is 0 Å². The Labute approximate surface area is 126 Å². The van der Waals surface area contributed by atoms with Gasteiger partial charge in [-0.25, -0.2) is 4.98 Å². The minimum Gasteiger partial charge on any atom is -0.373 e. The van der Waals surface area contributed by atoms with Gasteiger partial charge in [-0.1, -0.05) is 0 Å². The van der Waals surface area contributed by atoms with Crippen LogP contribution in [0.1, 0.15) is 10.4 Å². The van der Waals surface area contributed by atoms with Crippen LogP contribution < -0.4 is 5.32 Å². The first kappa shape index (κ1) is 15.7. The number of hydrogen-bond acceptors (Lipinski definition) is 5. The van der Waals surface area contributed by atoms with E-state index in [4.69, 9.17) is 0 Å². The summed E-state index contributed by atoms with van der Waals surface area (Å²) in [6.07, 6.45) is 1.67. The zero-order valence-corrected chi connectivity index (χ0v) is 13.2. The largest absolute Gasteiger partial charge is 0.373 e. The van der Waals surface area contributed by atoms with Gasteiger partial charge >= 0.3 is 0 Å². The van der Waals surface area contributed by atoms with E-state index < -0.39 is 0 Å². The number of carbonyl (C=O) groups is 1. The molecule has 1 aromatic rings. The number of anilines is 1. The molecule has 2 heterocycles. The third kappa shape index (κ3) is 4.41. The second kappa shape index (κ2) is 7.38. The number of pyridine rings is 1. The highest BCUT2D eigenvalue weighted by Crippen LogP contribution is 2.11. The number of aromatic nitrogens is 1. The van der Waals surface area contributed by atoms with Crippen molar-refractivity contribution < 1.29 is 4.79 Å². The Morgan fingerprint density at radius 2 is 2.05 bits per heavy atom. The van der Waals surface area contributed by atoms with Crippen molar-refractivity contribution in [3.05, 3.63) is 23.9 Å². The number of amides is 1. The fraction of sp³-hybridized carbons (Fsp3) is 0.600. The first-order valence-electron chi connectivity index (χ1n) is 7.40. The Balaban J connectivity index is 1.88. The predicted octanol–water partition coefficient (Wildman–Crippen LogP) is 0.443. The Morgan fingerprint density at radius 3 is 2.67 bits per heavy atom. The number of carbonyl (C=O) groups excluding carboxylic acids is 1. The van der Waals surface area contributed by atoms with Gasteiger partial charge in [0, 0.05) is 58.1 Å². The van der Waals surface area contributed by atoms with Crippen molar-refractivity contribution in [2.75, 3.05) is 65.7 Å². The minimum absolute atomic E-state index is 0.0983. The number of piperazine rings is 1. The van der Waals surface area contributed by atoms with Crippen LogP contribution >= 0.6 is 0 Å². The summed E-state index contributed by atoms with van der Waals surface area (Å²) in [5.74, 6) is 0.826. The van der Waals surface area contributed by atoms with Crippen LogP contribution in [0.5, 0.6) is 0 Å². The summed E-state index contributed by atoms with van der Waals surface area (Å²) in [6, 6.07) is 3.59. The molecule has 0 radical (unpaired) electrons. The SMILES string of the molecule is CNc1cc(C(=O)N2CCN(CCN(C)C)CC2)ccn1. The zero-order valence-electron chi connectivity index (χ0n) is 13.2. The van der Waals surface area contributed by atoms with Crippen LogP contribution in [0, 0.1) is 0 Å². The fourth-order valence-corrected chi connectivity index (χ4v) is 2.40. The summed E-state index contributed by atoms with van der Waals surface area (Å²) in [5, 5.41) is 2.96. The Hall–Kier alpha value is -1.66. The van der Waals surface area contributed by atoms with E-state index in [1.54, 1.807) is 25.4 Å². The number of nitrogens with zero attached hydrogens (tertiary/aromatic N) is 4. The molecular weight excluding hydrogens is 266 g/mol. The summed E-state index contributed by atoms with van der Waals surface area (Å²) in [6.45, 7) is 5.61. The maximum Gasteiger partial charge on any atom is 0.254 e. The molecule has 1 aromatic heterocycles. The monoisotopic (exact) mass is 291 g/mol. The number of likely N-dealkylation sites (N-methyl/N-ethyl adjacent to an activating group) is 1. The number of nitrogens with one attached hydrogen (secondary N) is 1. The zero-order chi connectivity index (χ0) is 15.2. The molecule has 0 unspecified atom stereocenters. The van der Waals surface area contributed by atoms with Crippen molar-refractivity contribution in [1.82, 2.24) is 19.7 Å². The lowest BCUT2D eigenvalue weighted by molar-refractivity contribution is 0.0629. The molecule has 21 heavy (non-hydrogen) atoms. The fourth-order valence-electron chi connectivity index (χ4n) is 2.40. The van der Waals surface area contributed by atoms with Crippen LogP contribution in [0.3, 0.4) is 0 Å². The molecule has 0 aromatic carbocycles. The molecule has 1 N–H and O–H groups in total. The second-order valence-corrected chi connectivity index (χ2v) is 5.62. The molecule has 6 heteroatoms.